The Morgan fingerprint density at radius 3 is 2.82 bits per heavy atom. The van der Waals surface area contributed by atoms with Crippen molar-refractivity contribution in [2.75, 3.05) is 38.7 Å². The van der Waals surface area contributed by atoms with Crippen molar-refractivity contribution in [2.24, 2.45) is 0 Å². The zero-order valence-corrected chi connectivity index (χ0v) is 13.5. The van der Waals surface area contributed by atoms with Crippen LogP contribution in [0.1, 0.15) is 31.0 Å². The summed E-state index contributed by atoms with van der Waals surface area (Å²) in [7, 11) is 3.42. The monoisotopic (exact) mass is 302 g/mol. The number of anilines is 1. The highest BCUT2D eigenvalue weighted by Gasteiger charge is 2.29. The fourth-order valence-corrected chi connectivity index (χ4v) is 2.39. The topological polar surface area (TPSA) is 69.5 Å². The van der Waals surface area contributed by atoms with Crippen molar-refractivity contribution < 1.29 is 9.53 Å². The number of ether oxygens (including phenoxy) is 1. The summed E-state index contributed by atoms with van der Waals surface area (Å²) in [5.74, 6) is 0.864. The molecular weight excluding hydrogens is 280 g/mol. The molecule has 1 aromatic rings. The van der Waals surface area contributed by atoms with Gasteiger partial charge in [-0.2, -0.15) is 5.26 Å². The average molecular weight is 302 g/mol. The average Bonchev–Trinajstić information content (AvgIpc) is 2.53. The number of nitrogens with zero attached hydrogens (tertiary/aromatic N) is 4. The molecule has 0 unspecified atom stereocenters. The fourth-order valence-electron chi connectivity index (χ4n) is 2.39. The van der Waals surface area contributed by atoms with Crippen LogP contribution >= 0.6 is 0 Å². The third-order valence-corrected chi connectivity index (χ3v) is 3.69. The quantitative estimate of drug-likeness (QED) is 0.843. The van der Waals surface area contributed by atoms with E-state index in [1.165, 1.54) is 4.90 Å². The Balaban J connectivity index is 2.28. The molecule has 0 saturated carbocycles. The third kappa shape index (κ3) is 3.37. The van der Waals surface area contributed by atoms with Crippen LogP contribution in [-0.4, -0.2) is 55.7 Å². The SMILES string of the molecule is CC(C)c1ccc(C#N)c(N2CCO[C@@H](C(=O)N(C)C)C2)n1. The molecule has 1 aliphatic heterocycles. The molecule has 0 aromatic carbocycles. The first-order chi connectivity index (χ1) is 10.4. The second-order valence-corrected chi connectivity index (χ2v) is 5.91. The predicted molar refractivity (Wildman–Crippen MR) is 83.7 cm³/mol. The van der Waals surface area contributed by atoms with Gasteiger partial charge in [0.2, 0.25) is 0 Å². The standard InChI is InChI=1S/C16H22N4O2/c1-11(2)13-6-5-12(9-17)15(18-13)20-7-8-22-14(10-20)16(21)19(3)4/h5-6,11,14H,7-8,10H2,1-4H3/t14-/m1/s1. The molecule has 22 heavy (non-hydrogen) atoms. The summed E-state index contributed by atoms with van der Waals surface area (Å²) in [6, 6.07) is 5.87. The van der Waals surface area contributed by atoms with Crippen LogP contribution in [0.25, 0.3) is 0 Å². The second-order valence-electron chi connectivity index (χ2n) is 5.91. The summed E-state index contributed by atoms with van der Waals surface area (Å²) >= 11 is 0. The zero-order chi connectivity index (χ0) is 16.3. The van der Waals surface area contributed by atoms with Crippen molar-refractivity contribution in [3.63, 3.8) is 0 Å². The fraction of sp³-hybridized carbons (Fsp3) is 0.562. The van der Waals surface area contributed by atoms with Gasteiger partial charge in [-0.15, -0.1) is 0 Å². The van der Waals surface area contributed by atoms with Gasteiger partial charge >= 0.3 is 0 Å². The van der Waals surface area contributed by atoms with Crippen LogP contribution in [0, 0.1) is 11.3 Å². The Bertz CT molecular complexity index is 592. The molecule has 6 nitrogen and oxygen atoms in total. The molecule has 0 radical (unpaired) electrons. The molecule has 1 atom stereocenters. The number of hydrogen-bond acceptors (Lipinski definition) is 5. The van der Waals surface area contributed by atoms with Gasteiger partial charge in [-0.25, -0.2) is 4.98 Å². The Hall–Kier alpha value is -2.13. The maximum absolute atomic E-state index is 12.1. The molecule has 0 aliphatic carbocycles. The van der Waals surface area contributed by atoms with E-state index in [1.807, 2.05) is 11.0 Å². The Morgan fingerprint density at radius 1 is 1.50 bits per heavy atom. The van der Waals surface area contributed by atoms with Crippen molar-refractivity contribution in [1.29, 1.82) is 5.26 Å². The van der Waals surface area contributed by atoms with E-state index in [1.54, 1.807) is 20.2 Å². The number of morpholine rings is 1. The Kier molecular flexibility index (Phi) is 4.99. The molecule has 1 aliphatic rings. The summed E-state index contributed by atoms with van der Waals surface area (Å²) in [5.41, 5.74) is 1.47. The van der Waals surface area contributed by atoms with Crippen LogP contribution in [0.15, 0.2) is 12.1 Å². The lowest BCUT2D eigenvalue weighted by Gasteiger charge is -2.34. The molecule has 6 heteroatoms. The van der Waals surface area contributed by atoms with Crippen LogP contribution in [0.4, 0.5) is 5.82 Å². The summed E-state index contributed by atoms with van der Waals surface area (Å²) in [5, 5.41) is 9.32. The van der Waals surface area contributed by atoms with Crippen molar-refractivity contribution in [3.8, 4) is 6.07 Å². The number of carbonyl (C=O) groups excluding carboxylic acids is 1. The van der Waals surface area contributed by atoms with Crippen LogP contribution in [0.3, 0.4) is 0 Å². The molecule has 2 rings (SSSR count). The summed E-state index contributed by atoms with van der Waals surface area (Å²) in [6.45, 7) is 5.62. The van der Waals surface area contributed by atoms with Crippen molar-refractivity contribution in [3.05, 3.63) is 23.4 Å². The highest BCUT2D eigenvalue weighted by molar-refractivity contribution is 5.81. The van der Waals surface area contributed by atoms with Gasteiger partial charge in [0.1, 0.15) is 11.9 Å². The first kappa shape index (κ1) is 16.2. The first-order valence-electron chi connectivity index (χ1n) is 7.42. The minimum absolute atomic E-state index is 0.0665. The Morgan fingerprint density at radius 2 is 2.23 bits per heavy atom. The van der Waals surface area contributed by atoms with E-state index in [-0.39, 0.29) is 11.8 Å². The van der Waals surface area contributed by atoms with Crippen LogP contribution in [0.2, 0.25) is 0 Å². The number of amides is 1. The van der Waals surface area contributed by atoms with E-state index in [9.17, 15) is 10.1 Å². The van der Waals surface area contributed by atoms with Gasteiger partial charge in [-0.3, -0.25) is 4.79 Å². The van der Waals surface area contributed by atoms with Crippen molar-refractivity contribution in [1.82, 2.24) is 9.88 Å². The maximum atomic E-state index is 12.1. The smallest absolute Gasteiger partial charge is 0.253 e. The van der Waals surface area contributed by atoms with Crippen molar-refractivity contribution in [2.45, 2.75) is 25.9 Å². The summed E-state index contributed by atoms with van der Waals surface area (Å²) in [4.78, 5) is 20.2. The van der Waals surface area contributed by atoms with E-state index in [0.29, 0.717) is 31.1 Å². The highest BCUT2D eigenvalue weighted by atomic mass is 16.5. The number of rotatable bonds is 3. The van der Waals surface area contributed by atoms with E-state index >= 15 is 0 Å². The molecule has 118 valence electrons. The van der Waals surface area contributed by atoms with E-state index < -0.39 is 6.10 Å². The number of hydrogen-bond donors (Lipinski definition) is 0. The van der Waals surface area contributed by atoms with Crippen LogP contribution in [-0.2, 0) is 9.53 Å². The van der Waals surface area contributed by atoms with Crippen LogP contribution in [0.5, 0.6) is 0 Å². The lowest BCUT2D eigenvalue weighted by molar-refractivity contribution is -0.141. The van der Waals surface area contributed by atoms with E-state index in [2.05, 4.69) is 24.9 Å². The molecule has 1 saturated heterocycles. The van der Waals surface area contributed by atoms with Gasteiger partial charge in [0.25, 0.3) is 5.91 Å². The largest absolute Gasteiger partial charge is 0.365 e. The molecule has 1 amide bonds. The van der Waals surface area contributed by atoms with Gasteiger partial charge < -0.3 is 14.5 Å². The van der Waals surface area contributed by atoms with Gasteiger partial charge in [-0.05, 0) is 18.1 Å². The molecule has 1 fully saturated rings. The number of aromatic nitrogens is 1. The molecule has 1 aromatic heterocycles. The van der Waals surface area contributed by atoms with Crippen LogP contribution < -0.4 is 4.90 Å². The van der Waals surface area contributed by atoms with Gasteiger partial charge in [-0.1, -0.05) is 13.8 Å². The number of likely N-dealkylation sites (N-methyl/N-ethyl adjacent to an activating group) is 1. The first-order valence-corrected chi connectivity index (χ1v) is 7.42. The van der Waals surface area contributed by atoms with Gasteiger partial charge in [0.15, 0.2) is 6.10 Å². The molecule has 0 N–H and O–H groups in total. The second kappa shape index (κ2) is 6.75. The third-order valence-electron chi connectivity index (χ3n) is 3.69. The molecular formula is C16H22N4O2. The summed E-state index contributed by atoms with van der Waals surface area (Å²) < 4.78 is 5.56. The molecule has 0 spiro atoms. The van der Waals surface area contributed by atoms with E-state index in [0.717, 1.165) is 5.69 Å². The van der Waals surface area contributed by atoms with Gasteiger partial charge in [0, 0.05) is 26.3 Å². The normalized spacial score (nSPS) is 18.2. The predicted octanol–water partition coefficient (Wildman–Crippen LogP) is 1.37. The molecule has 0 bridgehead atoms. The minimum Gasteiger partial charge on any atom is -0.365 e. The highest BCUT2D eigenvalue weighted by Crippen LogP contribution is 2.23. The number of carbonyl (C=O) groups is 1. The number of nitriles is 1. The minimum atomic E-state index is -0.514. The lowest BCUT2D eigenvalue weighted by atomic mass is 10.1. The van der Waals surface area contributed by atoms with E-state index in [4.69, 9.17) is 4.74 Å². The molecule has 2 heterocycles. The zero-order valence-electron chi connectivity index (χ0n) is 13.5. The van der Waals surface area contributed by atoms with Gasteiger partial charge in [0.05, 0.1) is 18.7 Å². The van der Waals surface area contributed by atoms with Crippen molar-refractivity contribution >= 4 is 11.7 Å². The number of pyridine rings is 1. The maximum Gasteiger partial charge on any atom is 0.253 e. The summed E-state index contributed by atoms with van der Waals surface area (Å²) in [6.07, 6.45) is -0.514. The lowest BCUT2D eigenvalue weighted by Crippen LogP contribution is -2.50. The Labute approximate surface area is 131 Å².